The minimum atomic E-state index is -0.253. The van der Waals surface area contributed by atoms with Gasteiger partial charge in [-0.05, 0) is 25.5 Å². The smallest absolute Gasteiger partial charge is 0.129 e. The summed E-state index contributed by atoms with van der Waals surface area (Å²) in [6, 6.07) is 2.97. The molecule has 0 heterocycles. The highest BCUT2D eigenvalue weighted by molar-refractivity contribution is 9.10. The highest BCUT2D eigenvalue weighted by Crippen LogP contribution is 2.23. The third kappa shape index (κ3) is 1.84. The van der Waals surface area contributed by atoms with E-state index in [9.17, 15) is 4.39 Å². The van der Waals surface area contributed by atoms with Gasteiger partial charge in [0.05, 0.1) is 0 Å². The fourth-order valence-electron chi connectivity index (χ4n) is 1.03. The lowest BCUT2D eigenvalue weighted by Crippen LogP contribution is -2.07. The van der Waals surface area contributed by atoms with E-state index >= 15 is 0 Å². The van der Waals surface area contributed by atoms with Gasteiger partial charge in [0.15, 0.2) is 0 Å². The Hall–Kier alpha value is -0.410. The van der Waals surface area contributed by atoms with Crippen LogP contribution in [0.3, 0.4) is 0 Å². The molecule has 0 radical (unpaired) electrons. The SMILES string of the molecule is Cc1cc(C(C)N)c(F)cc1Br. The van der Waals surface area contributed by atoms with Crippen molar-refractivity contribution in [2.75, 3.05) is 0 Å². The van der Waals surface area contributed by atoms with Crippen molar-refractivity contribution in [2.24, 2.45) is 5.73 Å². The molecule has 0 aromatic heterocycles. The molecule has 0 spiro atoms. The Morgan fingerprint density at radius 2 is 2.08 bits per heavy atom. The first-order chi connectivity index (χ1) is 5.52. The summed E-state index contributed by atoms with van der Waals surface area (Å²) in [4.78, 5) is 0. The Balaban J connectivity index is 3.23. The predicted molar refractivity (Wildman–Crippen MR) is 51.4 cm³/mol. The first-order valence-electron chi connectivity index (χ1n) is 3.73. The molecule has 0 aliphatic rings. The number of benzene rings is 1. The number of nitrogens with two attached hydrogens (primary N) is 1. The van der Waals surface area contributed by atoms with Gasteiger partial charge in [-0.15, -0.1) is 0 Å². The van der Waals surface area contributed by atoms with E-state index in [-0.39, 0.29) is 11.9 Å². The Bertz CT molecular complexity index is 297. The van der Waals surface area contributed by atoms with Crippen LogP contribution in [0, 0.1) is 12.7 Å². The van der Waals surface area contributed by atoms with Gasteiger partial charge in [-0.1, -0.05) is 22.0 Å². The van der Waals surface area contributed by atoms with Crippen LogP contribution in [-0.2, 0) is 0 Å². The summed E-state index contributed by atoms with van der Waals surface area (Å²) in [5.74, 6) is -0.248. The number of hydrogen-bond donors (Lipinski definition) is 1. The highest BCUT2D eigenvalue weighted by Gasteiger charge is 2.08. The van der Waals surface area contributed by atoms with Crippen LogP contribution in [0.25, 0.3) is 0 Å². The summed E-state index contributed by atoms with van der Waals surface area (Å²) in [5.41, 5.74) is 7.15. The van der Waals surface area contributed by atoms with E-state index in [4.69, 9.17) is 5.73 Å². The lowest BCUT2D eigenvalue weighted by atomic mass is 10.1. The molecule has 0 fully saturated rings. The Morgan fingerprint density at radius 3 is 2.58 bits per heavy atom. The average molecular weight is 232 g/mol. The maximum absolute atomic E-state index is 13.2. The fraction of sp³-hybridized carbons (Fsp3) is 0.333. The van der Waals surface area contributed by atoms with Crippen LogP contribution in [0.15, 0.2) is 16.6 Å². The largest absolute Gasteiger partial charge is 0.324 e. The Kier molecular flexibility index (Phi) is 2.85. The maximum atomic E-state index is 13.2. The van der Waals surface area contributed by atoms with E-state index in [1.165, 1.54) is 6.07 Å². The molecule has 0 saturated carbocycles. The molecule has 0 aliphatic carbocycles. The first-order valence-corrected chi connectivity index (χ1v) is 4.53. The third-order valence-electron chi connectivity index (χ3n) is 1.77. The Labute approximate surface area is 79.9 Å². The van der Waals surface area contributed by atoms with Crippen LogP contribution in [0.1, 0.15) is 24.1 Å². The van der Waals surface area contributed by atoms with Crippen LogP contribution in [0.2, 0.25) is 0 Å². The van der Waals surface area contributed by atoms with Gasteiger partial charge in [0.2, 0.25) is 0 Å². The standard InChI is InChI=1S/C9H11BrFN/c1-5-3-7(6(2)12)9(11)4-8(5)10/h3-4,6H,12H2,1-2H3. The normalized spacial score (nSPS) is 13.1. The predicted octanol–water partition coefficient (Wildman–Crippen LogP) is 2.92. The van der Waals surface area contributed by atoms with Crippen LogP contribution >= 0.6 is 15.9 Å². The topological polar surface area (TPSA) is 26.0 Å². The molecule has 1 nitrogen and oxygen atoms in total. The summed E-state index contributed by atoms with van der Waals surface area (Å²) < 4.78 is 14.0. The van der Waals surface area contributed by atoms with Crippen molar-refractivity contribution in [3.63, 3.8) is 0 Å². The van der Waals surface area contributed by atoms with Crippen molar-refractivity contribution >= 4 is 15.9 Å². The quantitative estimate of drug-likeness (QED) is 0.791. The number of hydrogen-bond acceptors (Lipinski definition) is 1. The number of aryl methyl sites for hydroxylation is 1. The summed E-state index contributed by atoms with van der Waals surface area (Å²) in [6.07, 6.45) is 0. The van der Waals surface area contributed by atoms with E-state index in [1.807, 2.05) is 6.92 Å². The van der Waals surface area contributed by atoms with E-state index in [0.717, 1.165) is 10.0 Å². The van der Waals surface area contributed by atoms with Gasteiger partial charge in [-0.2, -0.15) is 0 Å². The second-order valence-electron chi connectivity index (χ2n) is 2.91. The van der Waals surface area contributed by atoms with Gasteiger partial charge in [0, 0.05) is 16.1 Å². The number of halogens is 2. The van der Waals surface area contributed by atoms with Crippen molar-refractivity contribution in [3.8, 4) is 0 Å². The zero-order valence-corrected chi connectivity index (χ0v) is 8.65. The molecule has 1 rings (SSSR count). The van der Waals surface area contributed by atoms with Crippen molar-refractivity contribution in [1.82, 2.24) is 0 Å². The molecule has 1 unspecified atom stereocenters. The van der Waals surface area contributed by atoms with E-state index in [2.05, 4.69) is 15.9 Å². The lowest BCUT2D eigenvalue weighted by Gasteiger charge is -2.09. The molecule has 0 saturated heterocycles. The van der Waals surface area contributed by atoms with Gasteiger partial charge >= 0.3 is 0 Å². The minimum Gasteiger partial charge on any atom is -0.324 e. The monoisotopic (exact) mass is 231 g/mol. The molecular weight excluding hydrogens is 221 g/mol. The van der Waals surface area contributed by atoms with E-state index in [1.54, 1.807) is 13.0 Å². The summed E-state index contributed by atoms with van der Waals surface area (Å²) >= 11 is 3.25. The second-order valence-corrected chi connectivity index (χ2v) is 3.77. The van der Waals surface area contributed by atoms with E-state index < -0.39 is 0 Å². The zero-order valence-electron chi connectivity index (χ0n) is 7.07. The molecule has 66 valence electrons. The van der Waals surface area contributed by atoms with Gasteiger partial charge in [0.25, 0.3) is 0 Å². The lowest BCUT2D eigenvalue weighted by molar-refractivity contribution is 0.592. The minimum absolute atomic E-state index is 0.248. The first kappa shape index (κ1) is 9.68. The van der Waals surface area contributed by atoms with Crippen LogP contribution in [0.4, 0.5) is 4.39 Å². The molecule has 1 aromatic carbocycles. The molecule has 12 heavy (non-hydrogen) atoms. The molecule has 3 heteroatoms. The summed E-state index contributed by atoms with van der Waals surface area (Å²) in [6.45, 7) is 3.68. The fourth-order valence-corrected chi connectivity index (χ4v) is 1.34. The van der Waals surface area contributed by atoms with Crippen molar-refractivity contribution in [3.05, 3.63) is 33.5 Å². The molecule has 0 bridgehead atoms. The van der Waals surface area contributed by atoms with Crippen LogP contribution in [-0.4, -0.2) is 0 Å². The maximum Gasteiger partial charge on any atom is 0.129 e. The zero-order chi connectivity index (χ0) is 9.30. The van der Waals surface area contributed by atoms with Gasteiger partial charge < -0.3 is 5.73 Å². The van der Waals surface area contributed by atoms with Crippen molar-refractivity contribution < 1.29 is 4.39 Å². The van der Waals surface area contributed by atoms with Crippen LogP contribution < -0.4 is 5.73 Å². The number of rotatable bonds is 1. The van der Waals surface area contributed by atoms with Gasteiger partial charge in [-0.3, -0.25) is 0 Å². The average Bonchev–Trinajstić information content (AvgIpc) is 1.96. The molecular formula is C9H11BrFN. The summed E-state index contributed by atoms with van der Waals surface area (Å²) in [5, 5.41) is 0. The molecule has 1 aromatic rings. The van der Waals surface area contributed by atoms with Crippen molar-refractivity contribution in [1.29, 1.82) is 0 Å². The molecule has 2 N–H and O–H groups in total. The van der Waals surface area contributed by atoms with Crippen molar-refractivity contribution in [2.45, 2.75) is 19.9 Å². The molecule has 1 atom stereocenters. The van der Waals surface area contributed by atoms with Gasteiger partial charge in [0.1, 0.15) is 5.82 Å². The van der Waals surface area contributed by atoms with Gasteiger partial charge in [-0.25, -0.2) is 4.39 Å². The Morgan fingerprint density at radius 1 is 1.50 bits per heavy atom. The molecule has 0 aliphatic heterocycles. The molecule has 0 amide bonds. The third-order valence-corrected chi connectivity index (χ3v) is 2.62. The summed E-state index contributed by atoms with van der Waals surface area (Å²) in [7, 11) is 0. The van der Waals surface area contributed by atoms with Crippen LogP contribution in [0.5, 0.6) is 0 Å². The van der Waals surface area contributed by atoms with E-state index in [0.29, 0.717) is 5.56 Å². The second kappa shape index (κ2) is 3.54. The highest BCUT2D eigenvalue weighted by atomic mass is 79.9.